The van der Waals surface area contributed by atoms with Crippen LogP contribution in [-0.4, -0.2) is 25.7 Å². The van der Waals surface area contributed by atoms with Crippen molar-refractivity contribution in [3.63, 3.8) is 0 Å². The fourth-order valence-electron chi connectivity index (χ4n) is 4.17. The molecule has 3 aromatic rings. The van der Waals surface area contributed by atoms with Crippen molar-refractivity contribution in [2.75, 3.05) is 5.32 Å². The number of nitrogens with zero attached hydrogens (tertiary/aromatic N) is 4. The molecule has 1 aliphatic heterocycles. The number of amides is 2. The number of nitrogens with one attached hydrogen (secondary N) is 1. The van der Waals surface area contributed by atoms with Crippen molar-refractivity contribution in [1.82, 2.24) is 19.7 Å². The van der Waals surface area contributed by atoms with Gasteiger partial charge in [0.25, 0.3) is 0 Å². The van der Waals surface area contributed by atoms with Crippen LogP contribution in [0.2, 0.25) is 0 Å². The Bertz CT molecular complexity index is 1120. The molecule has 2 unspecified atom stereocenters. The Morgan fingerprint density at radius 1 is 1.23 bits per heavy atom. The third kappa shape index (κ3) is 3.75. The fourth-order valence-corrected chi connectivity index (χ4v) is 4.17. The van der Waals surface area contributed by atoms with Gasteiger partial charge >= 0.3 is 12.2 Å². The molecular formula is C22H22F3N5O. The number of alkyl halides is 3. The lowest BCUT2D eigenvalue weighted by Crippen LogP contribution is -2.35. The zero-order valence-corrected chi connectivity index (χ0v) is 17.3. The van der Waals surface area contributed by atoms with E-state index in [0.29, 0.717) is 6.42 Å². The first-order valence-electron chi connectivity index (χ1n) is 9.96. The van der Waals surface area contributed by atoms with Crippen molar-refractivity contribution in [1.29, 1.82) is 0 Å². The summed E-state index contributed by atoms with van der Waals surface area (Å²) in [5.74, 6) is 0. The smallest absolute Gasteiger partial charge is 0.309 e. The number of rotatable bonds is 3. The normalized spacial score (nSPS) is 18.2. The summed E-state index contributed by atoms with van der Waals surface area (Å²) in [5, 5.41) is 6.87. The first-order valence-corrected chi connectivity index (χ1v) is 9.96. The van der Waals surface area contributed by atoms with Crippen LogP contribution in [0.5, 0.6) is 0 Å². The Morgan fingerprint density at radius 3 is 2.65 bits per heavy atom. The molecule has 0 spiro atoms. The summed E-state index contributed by atoms with van der Waals surface area (Å²) in [6.45, 7) is 3.88. The molecular weight excluding hydrogens is 407 g/mol. The van der Waals surface area contributed by atoms with Gasteiger partial charge in [-0.1, -0.05) is 13.0 Å². The van der Waals surface area contributed by atoms with Gasteiger partial charge in [-0.3, -0.25) is 9.67 Å². The van der Waals surface area contributed by atoms with Gasteiger partial charge in [0.2, 0.25) is 0 Å². The summed E-state index contributed by atoms with van der Waals surface area (Å²) in [5.41, 5.74) is 1.40. The number of pyridine rings is 1. The number of carbonyl (C=O) groups is 1. The van der Waals surface area contributed by atoms with Crippen LogP contribution in [0.25, 0.3) is 11.3 Å². The highest BCUT2D eigenvalue weighted by Crippen LogP contribution is 2.43. The van der Waals surface area contributed by atoms with Crippen LogP contribution in [-0.2, 0) is 13.2 Å². The van der Waals surface area contributed by atoms with Crippen molar-refractivity contribution >= 4 is 11.7 Å². The van der Waals surface area contributed by atoms with Gasteiger partial charge in [-0.05, 0) is 49.2 Å². The molecule has 0 fully saturated rings. The van der Waals surface area contributed by atoms with Gasteiger partial charge in [0.1, 0.15) is 0 Å². The number of urea groups is 1. The van der Waals surface area contributed by atoms with Crippen LogP contribution in [0.1, 0.15) is 49.2 Å². The van der Waals surface area contributed by atoms with Crippen LogP contribution < -0.4 is 5.32 Å². The minimum Gasteiger partial charge on any atom is -0.309 e. The lowest BCUT2D eigenvalue weighted by Gasteiger charge is -2.28. The Balaban J connectivity index is 1.66. The molecule has 2 aromatic heterocycles. The number of fused-ring (bicyclic) bond motifs is 1. The Hall–Kier alpha value is -3.36. The molecule has 2 amide bonds. The van der Waals surface area contributed by atoms with Crippen LogP contribution in [0, 0.1) is 0 Å². The number of carbonyl (C=O) groups excluding carboxylic acids is 1. The molecule has 4 rings (SSSR count). The highest BCUT2D eigenvalue weighted by atomic mass is 19.4. The third-order valence-electron chi connectivity index (χ3n) is 5.57. The van der Waals surface area contributed by atoms with Gasteiger partial charge < -0.3 is 10.2 Å². The molecule has 31 heavy (non-hydrogen) atoms. The quantitative estimate of drug-likeness (QED) is 0.593. The Kier molecular flexibility index (Phi) is 5.20. The SMILES string of the molecule is CCC1c2cccnc2C(C)N1C(=O)Nc1ccc(C(F)(F)F)c(-c2ccn(C)n2)c1. The van der Waals surface area contributed by atoms with E-state index in [9.17, 15) is 18.0 Å². The number of benzene rings is 1. The maximum atomic E-state index is 13.5. The predicted octanol–water partition coefficient (Wildman–Crippen LogP) is 5.56. The molecule has 3 heterocycles. The van der Waals surface area contributed by atoms with Crippen molar-refractivity contribution in [2.24, 2.45) is 7.05 Å². The molecule has 0 bridgehead atoms. The number of halogens is 3. The van der Waals surface area contributed by atoms with Gasteiger partial charge in [-0.2, -0.15) is 18.3 Å². The highest BCUT2D eigenvalue weighted by Gasteiger charge is 2.39. The van der Waals surface area contributed by atoms with E-state index in [2.05, 4.69) is 15.4 Å². The molecule has 0 saturated carbocycles. The first kappa shape index (κ1) is 20.9. The minimum absolute atomic E-state index is 0.0858. The predicted molar refractivity (Wildman–Crippen MR) is 110 cm³/mol. The van der Waals surface area contributed by atoms with Crippen molar-refractivity contribution in [3.8, 4) is 11.3 Å². The van der Waals surface area contributed by atoms with Gasteiger partial charge in [0, 0.05) is 30.7 Å². The van der Waals surface area contributed by atoms with Gasteiger partial charge in [0.15, 0.2) is 0 Å². The fraction of sp³-hybridized carbons (Fsp3) is 0.318. The van der Waals surface area contributed by atoms with E-state index in [4.69, 9.17) is 0 Å². The van der Waals surface area contributed by atoms with E-state index in [-0.39, 0.29) is 35.1 Å². The van der Waals surface area contributed by atoms with E-state index in [1.165, 1.54) is 22.9 Å². The molecule has 162 valence electrons. The zero-order valence-electron chi connectivity index (χ0n) is 17.3. The number of anilines is 1. The molecule has 0 saturated heterocycles. The molecule has 1 aliphatic rings. The molecule has 1 N–H and O–H groups in total. The molecule has 2 atom stereocenters. The lowest BCUT2D eigenvalue weighted by atomic mass is 10.0. The summed E-state index contributed by atoms with van der Waals surface area (Å²) in [6.07, 6.45) is -0.580. The average Bonchev–Trinajstić information content (AvgIpc) is 3.28. The van der Waals surface area contributed by atoms with E-state index < -0.39 is 11.7 Å². The summed E-state index contributed by atoms with van der Waals surface area (Å²) >= 11 is 0. The number of aryl methyl sites for hydroxylation is 1. The second-order valence-corrected chi connectivity index (χ2v) is 7.55. The van der Waals surface area contributed by atoms with Gasteiger partial charge in [-0.25, -0.2) is 4.79 Å². The highest BCUT2D eigenvalue weighted by molar-refractivity contribution is 5.91. The summed E-state index contributed by atoms with van der Waals surface area (Å²) < 4.78 is 42.1. The zero-order chi connectivity index (χ0) is 22.3. The van der Waals surface area contributed by atoms with Crippen LogP contribution in [0.15, 0.2) is 48.8 Å². The van der Waals surface area contributed by atoms with Crippen molar-refractivity contribution < 1.29 is 18.0 Å². The Morgan fingerprint density at radius 2 is 2.00 bits per heavy atom. The number of hydrogen-bond acceptors (Lipinski definition) is 3. The van der Waals surface area contributed by atoms with Crippen molar-refractivity contribution in [2.45, 2.75) is 38.5 Å². The lowest BCUT2D eigenvalue weighted by molar-refractivity contribution is -0.137. The van der Waals surface area contributed by atoms with E-state index in [1.807, 2.05) is 26.0 Å². The Labute approximate surface area is 177 Å². The molecule has 6 nitrogen and oxygen atoms in total. The van der Waals surface area contributed by atoms with Gasteiger partial charge in [-0.15, -0.1) is 0 Å². The molecule has 0 aliphatic carbocycles. The van der Waals surface area contributed by atoms with Crippen LogP contribution in [0.3, 0.4) is 0 Å². The standard InChI is InChI=1S/C22H22F3N5O/c1-4-19-15-6-5-10-26-20(15)13(2)30(19)21(31)27-14-7-8-17(22(23,24)25)16(12-14)18-9-11-29(3)28-18/h5-13,19H,4H2,1-3H3,(H,27,31). The monoisotopic (exact) mass is 429 g/mol. The van der Waals surface area contributed by atoms with Crippen molar-refractivity contribution in [3.05, 3.63) is 65.6 Å². The third-order valence-corrected chi connectivity index (χ3v) is 5.57. The summed E-state index contributed by atoms with van der Waals surface area (Å²) in [6, 6.07) is 8.08. The second-order valence-electron chi connectivity index (χ2n) is 7.55. The molecule has 0 radical (unpaired) electrons. The van der Waals surface area contributed by atoms with E-state index in [0.717, 1.165) is 17.3 Å². The van der Waals surface area contributed by atoms with E-state index >= 15 is 0 Å². The van der Waals surface area contributed by atoms with Gasteiger partial charge in [0.05, 0.1) is 29.0 Å². The maximum Gasteiger partial charge on any atom is 0.417 e. The van der Waals surface area contributed by atoms with Crippen LogP contribution in [0.4, 0.5) is 23.7 Å². The largest absolute Gasteiger partial charge is 0.417 e. The molecule has 9 heteroatoms. The maximum absolute atomic E-state index is 13.5. The summed E-state index contributed by atoms with van der Waals surface area (Å²) in [7, 11) is 1.63. The molecule has 1 aromatic carbocycles. The van der Waals surface area contributed by atoms with E-state index in [1.54, 1.807) is 24.3 Å². The topological polar surface area (TPSA) is 63.1 Å². The first-order chi connectivity index (χ1) is 14.7. The summed E-state index contributed by atoms with van der Waals surface area (Å²) in [4.78, 5) is 19.2. The minimum atomic E-state index is -4.54. The second kappa shape index (κ2) is 7.72. The average molecular weight is 429 g/mol. The number of aromatic nitrogens is 3. The number of hydrogen-bond donors (Lipinski definition) is 1. The van der Waals surface area contributed by atoms with Crippen LogP contribution >= 0.6 is 0 Å².